The van der Waals surface area contributed by atoms with Crippen molar-refractivity contribution in [3.63, 3.8) is 0 Å². The van der Waals surface area contributed by atoms with Gasteiger partial charge in [-0.3, -0.25) is 4.79 Å². The Bertz CT molecular complexity index is 296. The van der Waals surface area contributed by atoms with Crippen molar-refractivity contribution < 1.29 is 4.79 Å². The van der Waals surface area contributed by atoms with Gasteiger partial charge < -0.3 is 5.73 Å². The SMILES string of the molecule is Cc1c(N)ccc(C=O)c1Br. The molecule has 0 aromatic heterocycles. The molecule has 1 aromatic rings. The molecule has 0 heterocycles. The van der Waals surface area contributed by atoms with E-state index < -0.39 is 0 Å². The van der Waals surface area contributed by atoms with Crippen LogP contribution in [0.15, 0.2) is 16.6 Å². The minimum absolute atomic E-state index is 0.636. The van der Waals surface area contributed by atoms with Crippen LogP contribution < -0.4 is 5.73 Å². The molecule has 0 amide bonds. The number of benzene rings is 1. The molecular formula is C8H8BrNO. The van der Waals surface area contributed by atoms with E-state index in [1.165, 1.54) is 0 Å². The van der Waals surface area contributed by atoms with Crippen molar-refractivity contribution in [3.05, 3.63) is 27.7 Å². The molecule has 0 aliphatic rings. The molecule has 0 unspecified atom stereocenters. The number of nitrogen functional groups attached to an aromatic ring is 1. The highest BCUT2D eigenvalue weighted by atomic mass is 79.9. The Labute approximate surface area is 73.5 Å². The van der Waals surface area contributed by atoms with Gasteiger partial charge in [-0.15, -0.1) is 0 Å². The number of halogens is 1. The van der Waals surface area contributed by atoms with Gasteiger partial charge in [0.05, 0.1) is 0 Å². The Balaban J connectivity index is 3.36. The summed E-state index contributed by atoms with van der Waals surface area (Å²) in [4.78, 5) is 10.4. The second-order valence-corrected chi connectivity index (χ2v) is 3.09. The maximum Gasteiger partial charge on any atom is 0.151 e. The van der Waals surface area contributed by atoms with Crippen LogP contribution in [-0.2, 0) is 0 Å². The maximum absolute atomic E-state index is 10.4. The van der Waals surface area contributed by atoms with Gasteiger partial charge in [0.25, 0.3) is 0 Å². The maximum atomic E-state index is 10.4. The highest BCUT2D eigenvalue weighted by Gasteiger charge is 2.03. The van der Waals surface area contributed by atoms with E-state index in [4.69, 9.17) is 5.73 Å². The average molecular weight is 214 g/mol. The average Bonchev–Trinajstić information content (AvgIpc) is 2.01. The third kappa shape index (κ3) is 1.43. The molecule has 0 atom stereocenters. The van der Waals surface area contributed by atoms with E-state index in [0.29, 0.717) is 11.3 Å². The Morgan fingerprint density at radius 1 is 1.55 bits per heavy atom. The van der Waals surface area contributed by atoms with Crippen LogP contribution in [0, 0.1) is 6.92 Å². The van der Waals surface area contributed by atoms with Crippen LogP contribution in [0.5, 0.6) is 0 Å². The quantitative estimate of drug-likeness (QED) is 0.574. The number of carbonyl (C=O) groups is 1. The van der Waals surface area contributed by atoms with Crippen molar-refractivity contribution in [2.45, 2.75) is 6.92 Å². The van der Waals surface area contributed by atoms with Crippen molar-refractivity contribution >= 4 is 27.9 Å². The first-order chi connectivity index (χ1) is 5.16. The van der Waals surface area contributed by atoms with Crippen molar-refractivity contribution in [1.82, 2.24) is 0 Å². The molecule has 2 nitrogen and oxygen atoms in total. The lowest BCUT2D eigenvalue weighted by Crippen LogP contribution is -1.93. The summed E-state index contributed by atoms with van der Waals surface area (Å²) in [5, 5.41) is 0. The van der Waals surface area contributed by atoms with Gasteiger partial charge in [0.15, 0.2) is 6.29 Å². The Kier molecular flexibility index (Phi) is 2.29. The number of nitrogens with two attached hydrogens (primary N) is 1. The summed E-state index contributed by atoms with van der Waals surface area (Å²) in [6, 6.07) is 3.42. The highest BCUT2D eigenvalue weighted by molar-refractivity contribution is 9.10. The van der Waals surface area contributed by atoms with Gasteiger partial charge in [-0.2, -0.15) is 0 Å². The number of hydrogen-bond donors (Lipinski definition) is 1. The van der Waals surface area contributed by atoms with Crippen molar-refractivity contribution in [3.8, 4) is 0 Å². The highest BCUT2D eigenvalue weighted by Crippen LogP contribution is 2.24. The summed E-state index contributed by atoms with van der Waals surface area (Å²) in [6.07, 6.45) is 0.802. The minimum Gasteiger partial charge on any atom is -0.398 e. The van der Waals surface area contributed by atoms with E-state index in [9.17, 15) is 4.79 Å². The fourth-order valence-electron chi connectivity index (χ4n) is 0.812. The van der Waals surface area contributed by atoms with Crippen LogP contribution in [-0.4, -0.2) is 6.29 Å². The normalized spacial score (nSPS) is 9.64. The Hall–Kier alpha value is -0.830. The molecule has 0 aliphatic heterocycles. The van der Waals surface area contributed by atoms with Crippen molar-refractivity contribution in [2.24, 2.45) is 0 Å². The van der Waals surface area contributed by atoms with Gasteiger partial charge in [0.2, 0.25) is 0 Å². The van der Waals surface area contributed by atoms with Gasteiger partial charge in [0.1, 0.15) is 0 Å². The molecule has 1 rings (SSSR count). The summed E-state index contributed by atoms with van der Waals surface area (Å²) >= 11 is 3.28. The molecular weight excluding hydrogens is 206 g/mol. The predicted octanol–water partition coefficient (Wildman–Crippen LogP) is 2.15. The van der Waals surface area contributed by atoms with Gasteiger partial charge in [-0.05, 0) is 40.5 Å². The molecule has 0 bridgehead atoms. The number of carbonyl (C=O) groups excluding carboxylic acids is 1. The fraction of sp³-hybridized carbons (Fsp3) is 0.125. The van der Waals surface area contributed by atoms with E-state index in [2.05, 4.69) is 15.9 Å². The summed E-state index contributed by atoms with van der Waals surface area (Å²) in [5.74, 6) is 0. The van der Waals surface area contributed by atoms with Crippen molar-refractivity contribution in [2.75, 3.05) is 5.73 Å². The first-order valence-electron chi connectivity index (χ1n) is 3.16. The zero-order chi connectivity index (χ0) is 8.43. The van der Waals surface area contributed by atoms with E-state index in [-0.39, 0.29) is 0 Å². The van der Waals surface area contributed by atoms with Crippen LogP contribution in [0.1, 0.15) is 15.9 Å². The molecule has 2 N–H and O–H groups in total. The molecule has 0 saturated heterocycles. The van der Waals surface area contributed by atoms with Crippen LogP contribution in [0.4, 0.5) is 5.69 Å². The Morgan fingerprint density at radius 3 is 2.73 bits per heavy atom. The number of aldehydes is 1. The lowest BCUT2D eigenvalue weighted by molar-refractivity contribution is 0.112. The van der Waals surface area contributed by atoms with Gasteiger partial charge in [0, 0.05) is 15.7 Å². The summed E-state index contributed by atoms with van der Waals surface area (Å²) in [6.45, 7) is 1.87. The summed E-state index contributed by atoms with van der Waals surface area (Å²) in [5.41, 5.74) is 7.84. The first-order valence-corrected chi connectivity index (χ1v) is 3.96. The molecule has 0 fully saturated rings. The number of hydrogen-bond acceptors (Lipinski definition) is 2. The Morgan fingerprint density at radius 2 is 2.18 bits per heavy atom. The fourth-order valence-corrected chi connectivity index (χ4v) is 1.27. The van der Waals surface area contributed by atoms with Crippen LogP contribution >= 0.6 is 15.9 Å². The van der Waals surface area contributed by atoms with Crippen LogP contribution in [0.2, 0.25) is 0 Å². The second kappa shape index (κ2) is 3.05. The predicted molar refractivity (Wildman–Crippen MR) is 48.7 cm³/mol. The van der Waals surface area contributed by atoms with Gasteiger partial charge in [-0.1, -0.05) is 0 Å². The topological polar surface area (TPSA) is 43.1 Å². The third-order valence-corrected chi connectivity index (χ3v) is 2.64. The minimum atomic E-state index is 0.636. The number of rotatable bonds is 1. The molecule has 58 valence electrons. The molecule has 0 radical (unpaired) electrons. The van der Waals surface area contributed by atoms with E-state index in [0.717, 1.165) is 16.3 Å². The zero-order valence-electron chi connectivity index (χ0n) is 6.10. The van der Waals surface area contributed by atoms with Crippen molar-refractivity contribution in [1.29, 1.82) is 0 Å². The van der Waals surface area contributed by atoms with Gasteiger partial charge in [-0.25, -0.2) is 0 Å². The molecule has 0 aliphatic carbocycles. The summed E-state index contributed by atoms with van der Waals surface area (Å²) in [7, 11) is 0. The zero-order valence-corrected chi connectivity index (χ0v) is 7.68. The lowest BCUT2D eigenvalue weighted by Gasteiger charge is -2.03. The van der Waals surface area contributed by atoms with Gasteiger partial charge >= 0.3 is 0 Å². The molecule has 1 aromatic carbocycles. The number of anilines is 1. The molecule has 3 heteroatoms. The monoisotopic (exact) mass is 213 g/mol. The standard InChI is InChI=1S/C8H8BrNO/c1-5-7(10)3-2-6(4-11)8(5)9/h2-4H,10H2,1H3. The van der Waals surface area contributed by atoms with Crippen LogP contribution in [0.3, 0.4) is 0 Å². The van der Waals surface area contributed by atoms with E-state index in [1.54, 1.807) is 12.1 Å². The lowest BCUT2D eigenvalue weighted by atomic mass is 10.1. The molecule has 0 saturated carbocycles. The third-order valence-electron chi connectivity index (χ3n) is 1.59. The van der Waals surface area contributed by atoms with Crippen LogP contribution in [0.25, 0.3) is 0 Å². The largest absolute Gasteiger partial charge is 0.398 e. The molecule has 0 spiro atoms. The van der Waals surface area contributed by atoms with E-state index >= 15 is 0 Å². The molecule has 11 heavy (non-hydrogen) atoms. The van der Waals surface area contributed by atoms with E-state index in [1.807, 2.05) is 6.92 Å². The first kappa shape index (κ1) is 8.27. The smallest absolute Gasteiger partial charge is 0.151 e. The second-order valence-electron chi connectivity index (χ2n) is 2.30. The summed E-state index contributed by atoms with van der Waals surface area (Å²) < 4.78 is 0.785.